The molecule has 0 aliphatic carbocycles. The minimum absolute atomic E-state index is 0.546. The van der Waals surface area contributed by atoms with Crippen molar-refractivity contribution in [2.45, 2.75) is 6.92 Å². The van der Waals surface area contributed by atoms with Gasteiger partial charge in [0, 0.05) is 53.6 Å². The Bertz CT molecular complexity index is 1230. The lowest BCUT2D eigenvalue weighted by molar-refractivity contribution is 0.122. The number of imidazole rings is 1. The molecule has 1 aliphatic rings. The van der Waals surface area contributed by atoms with Crippen LogP contribution < -0.4 is 4.90 Å². The van der Waals surface area contributed by atoms with Crippen LogP contribution in [0.4, 0.5) is 5.69 Å². The average molecular weight is 395 g/mol. The topological polar surface area (TPSA) is 66.5 Å². The molecule has 0 bridgehead atoms. The van der Waals surface area contributed by atoms with E-state index in [1.54, 1.807) is 0 Å². The van der Waals surface area contributed by atoms with Gasteiger partial charge in [0.1, 0.15) is 6.07 Å². The molecule has 1 aliphatic heterocycles. The average Bonchev–Trinajstić information content (AvgIpc) is 3.24. The lowest BCUT2D eigenvalue weighted by atomic mass is 10.1. The van der Waals surface area contributed by atoms with Crippen LogP contribution in [0, 0.1) is 18.3 Å². The van der Waals surface area contributed by atoms with Crippen LogP contribution in [0.1, 0.15) is 11.3 Å². The van der Waals surface area contributed by atoms with Crippen LogP contribution in [0.2, 0.25) is 0 Å². The van der Waals surface area contributed by atoms with Crippen LogP contribution in [0.15, 0.2) is 61.1 Å². The summed E-state index contributed by atoms with van der Waals surface area (Å²) in [5, 5.41) is 9.68. The van der Waals surface area contributed by atoms with Crippen LogP contribution in [-0.4, -0.2) is 40.7 Å². The first kappa shape index (κ1) is 18.3. The van der Waals surface area contributed by atoms with E-state index in [9.17, 15) is 5.26 Å². The molecule has 0 unspecified atom stereocenters. The van der Waals surface area contributed by atoms with Gasteiger partial charge in [-0.25, -0.2) is 4.98 Å². The Morgan fingerprint density at radius 3 is 2.40 bits per heavy atom. The summed E-state index contributed by atoms with van der Waals surface area (Å²) in [5.74, 6) is 0. The maximum absolute atomic E-state index is 9.68. The molecule has 0 atom stereocenters. The zero-order valence-electron chi connectivity index (χ0n) is 16.7. The molecule has 1 saturated heterocycles. The van der Waals surface area contributed by atoms with Crippen LogP contribution in [-0.2, 0) is 4.74 Å². The highest BCUT2D eigenvalue weighted by molar-refractivity contribution is 5.74. The van der Waals surface area contributed by atoms with Crippen molar-refractivity contribution in [1.29, 1.82) is 5.26 Å². The lowest BCUT2D eigenvalue weighted by Gasteiger charge is -2.28. The lowest BCUT2D eigenvalue weighted by Crippen LogP contribution is -2.36. The maximum atomic E-state index is 9.68. The molecule has 5 rings (SSSR count). The summed E-state index contributed by atoms with van der Waals surface area (Å²) in [7, 11) is 0. The molecule has 6 nitrogen and oxygen atoms in total. The number of hydrogen-bond acceptors (Lipinski definition) is 5. The van der Waals surface area contributed by atoms with Crippen molar-refractivity contribution in [3.05, 3.63) is 72.3 Å². The number of pyridine rings is 2. The summed E-state index contributed by atoms with van der Waals surface area (Å²) in [4.78, 5) is 11.2. The van der Waals surface area contributed by atoms with E-state index >= 15 is 0 Å². The van der Waals surface area contributed by atoms with E-state index in [1.165, 1.54) is 5.69 Å². The standard InChI is InChI=1S/C24H21N5O/c1-17-2-3-19(14-26-17)21-12-20(13-25)24-27-15-23(29(24)16-21)18-4-6-22(7-5-18)28-8-10-30-11-9-28/h2-7,12,14-16H,8-11H2,1H3. The first-order valence-electron chi connectivity index (χ1n) is 10.0. The summed E-state index contributed by atoms with van der Waals surface area (Å²) in [5.41, 5.74) is 7.29. The fraction of sp³-hybridized carbons (Fsp3) is 0.208. The highest BCUT2D eigenvalue weighted by Gasteiger charge is 2.14. The van der Waals surface area contributed by atoms with Crippen LogP contribution in [0.5, 0.6) is 0 Å². The Labute approximate surface area is 175 Å². The molecule has 4 heterocycles. The van der Waals surface area contributed by atoms with Gasteiger partial charge >= 0.3 is 0 Å². The fourth-order valence-electron chi connectivity index (χ4n) is 3.84. The molecule has 0 amide bonds. The van der Waals surface area contributed by atoms with Crippen LogP contribution in [0.25, 0.3) is 28.0 Å². The molecular formula is C24H21N5O. The van der Waals surface area contributed by atoms with Gasteiger partial charge in [0.05, 0.1) is 30.7 Å². The van der Waals surface area contributed by atoms with Gasteiger partial charge in [-0.15, -0.1) is 0 Å². The van der Waals surface area contributed by atoms with Crippen LogP contribution >= 0.6 is 0 Å². The van der Waals surface area contributed by atoms with E-state index in [-0.39, 0.29) is 0 Å². The van der Waals surface area contributed by atoms with Gasteiger partial charge in [-0.2, -0.15) is 5.26 Å². The summed E-state index contributed by atoms with van der Waals surface area (Å²) >= 11 is 0. The number of ether oxygens (including phenoxy) is 1. The Hall–Kier alpha value is -3.69. The Morgan fingerprint density at radius 1 is 0.933 bits per heavy atom. The number of nitriles is 1. The number of benzene rings is 1. The van der Waals surface area contributed by atoms with Crippen molar-refractivity contribution in [3.8, 4) is 28.5 Å². The second-order valence-electron chi connectivity index (χ2n) is 7.43. The van der Waals surface area contributed by atoms with E-state index in [4.69, 9.17) is 4.74 Å². The number of aryl methyl sites for hydroxylation is 1. The SMILES string of the molecule is Cc1ccc(-c2cc(C#N)c3ncc(-c4ccc(N5CCOCC5)cc4)n3c2)cn1. The van der Waals surface area contributed by atoms with Crippen molar-refractivity contribution >= 4 is 11.3 Å². The van der Waals surface area contributed by atoms with Gasteiger partial charge in [-0.05, 0) is 31.2 Å². The third-order valence-electron chi connectivity index (χ3n) is 5.51. The molecule has 148 valence electrons. The summed E-state index contributed by atoms with van der Waals surface area (Å²) in [6.07, 6.45) is 5.70. The summed E-state index contributed by atoms with van der Waals surface area (Å²) in [6, 6.07) is 16.7. The van der Waals surface area contributed by atoms with E-state index in [0.29, 0.717) is 11.2 Å². The first-order chi connectivity index (χ1) is 14.7. The van der Waals surface area contributed by atoms with Gasteiger partial charge < -0.3 is 9.64 Å². The van der Waals surface area contributed by atoms with E-state index in [2.05, 4.69) is 45.2 Å². The Morgan fingerprint density at radius 2 is 1.70 bits per heavy atom. The molecule has 4 aromatic rings. The first-order valence-corrected chi connectivity index (χ1v) is 10.0. The number of rotatable bonds is 3. The molecule has 0 saturated carbocycles. The zero-order chi connectivity index (χ0) is 20.5. The molecule has 1 aromatic carbocycles. The van der Waals surface area contributed by atoms with E-state index in [0.717, 1.165) is 54.4 Å². The third kappa shape index (κ3) is 3.30. The number of fused-ring (bicyclic) bond motifs is 1. The van der Waals surface area contributed by atoms with Gasteiger partial charge in [0.2, 0.25) is 0 Å². The quantitative estimate of drug-likeness (QED) is 0.523. The maximum Gasteiger partial charge on any atom is 0.155 e. The van der Waals surface area contributed by atoms with E-state index in [1.807, 2.05) is 48.1 Å². The summed E-state index contributed by atoms with van der Waals surface area (Å²) < 4.78 is 7.44. The Balaban J connectivity index is 1.57. The minimum atomic E-state index is 0.546. The highest BCUT2D eigenvalue weighted by atomic mass is 16.5. The van der Waals surface area contributed by atoms with E-state index < -0.39 is 0 Å². The highest BCUT2D eigenvalue weighted by Crippen LogP contribution is 2.28. The van der Waals surface area contributed by atoms with Gasteiger partial charge in [-0.3, -0.25) is 9.38 Å². The van der Waals surface area contributed by atoms with Gasteiger partial charge in [0.15, 0.2) is 5.65 Å². The molecule has 30 heavy (non-hydrogen) atoms. The fourth-order valence-corrected chi connectivity index (χ4v) is 3.84. The van der Waals surface area contributed by atoms with Crippen molar-refractivity contribution < 1.29 is 4.74 Å². The van der Waals surface area contributed by atoms with Crippen molar-refractivity contribution in [2.75, 3.05) is 31.2 Å². The smallest absolute Gasteiger partial charge is 0.155 e. The Kier molecular flexibility index (Phi) is 4.66. The second kappa shape index (κ2) is 7.62. The molecular weight excluding hydrogens is 374 g/mol. The minimum Gasteiger partial charge on any atom is -0.378 e. The molecule has 1 fully saturated rings. The molecule has 3 aromatic heterocycles. The zero-order valence-corrected chi connectivity index (χ0v) is 16.7. The van der Waals surface area contributed by atoms with Crippen molar-refractivity contribution in [3.63, 3.8) is 0 Å². The van der Waals surface area contributed by atoms with Crippen molar-refractivity contribution in [2.24, 2.45) is 0 Å². The number of anilines is 1. The number of hydrogen-bond donors (Lipinski definition) is 0. The second-order valence-corrected chi connectivity index (χ2v) is 7.43. The monoisotopic (exact) mass is 395 g/mol. The van der Waals surface area contributed by atoms with Gasteiger partial charge in [0.25, 0.3) is 0 Å². The molecule has 6 heteroatoms. The predicted molar refractivity (Wildman–Crippen MR) is 116 cm³/mol. The van der Waals surface area contributed by atoms with Crippen molar-refractivity contribution in [1.82, 2.24) is 14.4 Å². The molecule has 0 spiro atoms. The number of morpholine rings is 1. The number of nitrogens with zero attached hydrogens (tertiary/aromatic N) is 5. The molecule has 0 radical (unpaired) electrons. The number of aromatic nitrogens is 3. The summed E-state index contributed by atoms with van der Waals surface area (Å²) in [6.45, 7) is 5.32. The largest absolute Gasteiger partial charge is 0.378 e. The predicted octanol–water partition coefficient (Wildman–Crippen LogP) is 4.08. The third-order valence-corrected chi connectivity index (χ3v) is 5.51. The van der Waals surface area contributed by atoms with Crippen LogP contribution in [0.3, 0.4) is 0 Å². The normalized spacial score (nSPS) is 14.1. The van der Waals surface area contributed by atoms with Gasteiger partial charge in [-0.1, -0.05) is 18.2 Å². The molecule has 0 N–H and O–H groups in total.